The van der Waals surface area contributed by atoms with E-state index in [1.165, 1.54) is 31.0 Å². The lowest BCUT2D eigenvalue weighted by atomic mass is 10.2. The molecule has 2 aliphatic rings. The zero-order valence-electron chi connectivity index (χ0n) is 6.87. The molecule has 0 aliphatic carbocycles. The zero-order valence-corrected chi connectivity index (χ0v) is 6.87. The Bertz CT molecular complexity index is 134. The smallest absolute Gasteiger partial charge is 0.0394 e. The van der Waals surface area contributed by atoms with E-state index in [0.29, 0.717) is 6.04 Å². The molecule has 1 N–H and O–H groups in total. The van der Waals surface area contributed by atoms with Gasteiger partial charge in [0.05, 0.1) is 0 Å². The summed E-state index contributed by atoms with van der Waals surface area (Å²) in [5.74, 6) is 0. The van der Waals surface area contributed by atoms with Crippen LogP contribution in [0.4, 0.5) is 0 Å². The van der Waals surface area contributed by atoms with Gasteiger partial charge in [-0.2, -0.15) is 5.06 Å². The lowest BCUT2D eigenvalue weighted by Gasteiger charge is -2.22. The summed E-state index contributed by atoms with van der Waals surface area (Å²) in [4.78, 5) is 2.51. The molecular formula is C8H16N2O. The molecule has 0 radical (unpaired) electrons. The van der Waals surface area contributed by atoms with Crippen LogP contribution in [-0.2, 0) is 0 Å². The molecule has 2 rings (SSSR count). The number of nitrogens with zero attached hydrogens (tertiary/aromatic N) is 2. The molecule has 1 atom stereocenters. The highest BCUT2D eigenvalue weighted by atomic mass is 16.5. The van der Waals surface area contributed by atoms with Crippen molar-refractivity contribution in [2.24, 2.45) is 0 Å². The molecule has 3 heteroatoms. The number of hydrogen-bond donors (Lipinski definition) is 1. The molecule has 0 unspecified atom stereocenters. The van der Waals surface area contributed by atoms with Crippen molar-refractivity contribution in [3.8, 4) is 0 Å². The van der Waals surface area contributed by atoms with Gasteiger partial charge in [-0.1, -0.05) is 0 Å². The Kier molecular flexibility index (Phi) is 2.11. The molecule has 3 nitrogen and oxygen atoms in total. The molecule has 11 heavy (non-hydrogen) atoms. The second kappa shape index (κ2) is 3.09. The SMILES string of the molecule is ON1CC[C@@H](N2CCCC2)C1. The largest absolute Gasteiger partial charge is 0.314 e. The predicted molar refractivity (Wildman–Crippen MR) is 42.6 cm³/mol. The topological polar surface area (TPSA) is 26.7 Å². The van der Waals surface area contributed by atoms with E-state index >= 15 is 0 Å². The first-order valence-electron chi connectivity index (χ1n) is 4.54. The van der Waals surface area contributed by atoms with E-state index in [1.54, 1.807) is 0 Å². The molecule has 0 aromatic rings. The minimum Gasteiger partial charge on any atom is -0.314 e. The van der Waals surface area contributed by atoms with Crippen LogP contribution in [0.25, 0.3) is 0 Å². The summed E-state index contributed by atoms with van der Waals surface area (Å²) in [6, 6.07) is 0.641. The molecule has 0 saturated carbocycles. The lowest BCUT2D eigenvalue weighted by molar-refractivity contribution is -0.0727. The van der Waals surface area contributed by atoms with Crippen LogP contribution < -0.4 is 0 Å². The summed E-state index contributed by atoms with van der Waals surface area (Å²) in [7, 11) is 0. The maximum absolute atomic E-state index is 9.17. The second-order valence-electron chi connectivity index (χ2n) is 3.60. The van der Waals surface area contributed by atoms with Crippen LogP contribution >= 0.6 is 0 Å². The molecule has 0 spiro atoms. The molecule has 2 fully saturated rings. The lowest BCUT2D eigenvalue weighted by Crippen LogP contribution is -2.34. The van der Waals surface area contributed by atoms with Gasteiger partial charge in [0, 0.05) is 19.1 Å². The van der Waals surface area contributed by atoms with Crippen molar-refractivity contribution >= 4 is 0 Å². The summed E-state index contributed by atoms with van der Waals surface area (Å²) < 4.78 is 0. The van der Waals surface area contributed by atoms with Gasteiger partial charge in [0.15, 0.2) is 0 Å². The number of hydrogen-bond acceptors (Lipinski definition) is 3. The summed E-state index contributed by atoms with van der Waals surface area (Å²) in [6.45, 7) is 4.22. The summed E-state index contributed by atoms with van der Waals surface area (Å²) >= 11 is 0. The van der Waals surface area contributed by atoms with Crippen LogP contribution in [-0.4, -0.2) is 47.4 Å². The van der Waals surface area contributed by atoms with Crippen molar-refractivity contribution in [2.45, 2.75) is 25.3 Å². The minimum atomic E-state index is 0.641. The summed E-state index contributed by atoms with van der Waals surface area (Å²) in [6.07, 6.45) is 3.85. The Hall–Kier alpha value is -0.120. The molecule has 0 bridgehead atoms. The predicted octanol–water partition coefficient (Wildman–Crippen LogP) is 0.546. The fourth-order valence-corrected chi connectivity index (χ4v) is 2.13. The first-order valence-corrected chi connectivity index (χ1v) is 4.54. The highest BCUT2D eigenvalue weighted by Crippen LogP contribution is 2.18. The average molecular weight is 156 g/mol. The van der Waals surface area contributed by atoms with Gasteiger partial charge in [0.2, 0.25) is 0 Å². The van der Waals surface area contributed by atoms with Crippen molar-refractivity contribution in [1.29, 1.82) is 0 Å². The monoisotopic (exact) mass is 156 g/mol. The molecular weight excluding hydrogens is 140 g/mol. The van der Waals surface area contributed by atoms with Gasteiger partial charge in [0.1, 0.15) is 0 Å². The Morgan fingerprint density at radius 2 is 1.82 bits per heavy atom. The van der Waals surface area contributed by atoms with E-state index in [2.05, 4.69) is 4.90 Å². The van der Waals surface area contributed by atoms with Gasteiger partial charge in [-0.3, -0.25) is 4.90 Å². The van der Waals surface area contributed by atoms with Crippen LogP contribution in [0.5, 0.6) is 0 Å². The number of hydroxylamine groups is 2. The fourth-order valence-electron chi connectivity index (χ4n) is 2.13. The van der Waals surface area contributed by atoms with E-state index in [0.717, 1.165) is 19.5 Å². The van der Waals surface area contributed by atoms with Gasteiger partial charge in [-0.05, 0) is 32.4 Å². The van der Waals surface area contributed by atoms with Gasteiger partial charge in [-0.15, -0.1) is 0 Å². The molecule has 0 amide bonds. The highest BCUT2D eigenvalue weighted by Gasteiger charge is 2.28. The third kappa shape index (κ3) is 1.55. The van der Waals surface area contributed by atoms with Crippen LogP contribution in [0.2, 0.25) is 0 Å². The van der Waals surface area contributed by atoms with Crippen molar-refractivity contribution in [3.05, 3.63) is 0 Å². The van der Waals surface area contributed by atoms with E-state index in [9.17, 15) is 0 Å². The van der Waals surface area contributed by atoms with Crippen LogP contribution in [0.1, 0.15) is 19.3 Å². The Labute approximate surface area is 67.6 Å². The Balaban J connectivity index is 1.85. The molecule has 0 aromatic carbocycles. The molecule has 64 valence electrons. The maximum atomic E-state index is 9.17. The quantitative estimate of drug-likeness (QED) is 0.600. The molecule has 2 aliphatic heterocycles. The minimum absolute atomic E-state index is 0.641. The third-order valence-corrected chi connectivity index (χ3v) is 2.80. The van der Waals surface area contributed by atoms with Gasteiger partial charge in [-0.25, -0.2) is 0 Å². The average Bonchev–Trinajstić information content (AvgIpc) is 2.55. The van der Waals surface area contributed by atoms with E-state index in [4.69, 9.17) is 5.21 Å². The first-order chi connectivity index (χ1) is 5.36. The van der Waals surface area contributed by atoms with E-state index < -0.39 is 0 Å². The van der Waals surface area contributed by atoms with Crippen LogP contribution in [0, 0.1) is 0 Å². The standard InChI is InChI=1S/C8H16N2O/c11-10-6-3-8(7-10)9-4-1-2-5-9/h8,11H,1-7H2/t8-/m1/s1. The van der Waals surface area contributed by atoms with Gasteiger partial charge < -0.3 is 5.21 Å². The fraction of sp³-hybridized carbons (Fsp3) is 1.00. The number of rotatable bonds is 1. The van der Waals surface area contributed by atoms with E-state index in [-0.39, 0.29) is 0 Å². The maximum Gasteiger partial charge on any atom is 0.0394 e. The van der Waals surface area contributed by atoms with Gasteiger partial charge >= 0.3 is 0 Å². The summed E-state index contributed by atoms with van der Waals surface area (Å²) in [5.41, 5.74) is 0. The molecule has 0 aromatic heterocycles. The molecule has 2 heterocycles. The van der Waals surface area contributed by atoms with Crippen molar-refractivity contribution < 1.29 is 5.21 Å². The van der Waals surface area contributed by atoms with Crippen LogP contribution in [0.3, 0.4) is 0 Å². The summed E-state index contributed by atoms with van der Waals surface area (Å²) in [5, 5.41) is 10.6. The highest BCUT2D eigenvalue weighted by molar-refractivity contribution is 4.82. The van der Waals surface area contributed by atoms with Gasteiger partial charge in [0.25, 0.3) is 0 Å². The zero-order chi connectivity index (χ0) is 7.68. The third-order valence-electron chi connectivity index (χ3n) is 2.80. The normalized spacial score (nSPS) is 35.2. The Morgan fingerprint density at radius 3 is 2.36 bits per heavy atom. The van der Waals surface area contributed by atoms with Crippen molar-refractivity contribution in [2.75, 3.05) is 26.2 Å². The number of likely N-dealkylation sites (tertiary alicyclic amines) is 1. The first kappa shape index (κ1) is 7.53. The molecule has 2 saturated heterocycles. The van der Waals surface area contributed by atoms with Crippen molar-refractivity contribution in [3.63, 3.8) is 0 Å². The van der Waals surface area contributed by atoms with E-state index in [1.807, 2.05) is 0 Å². The van der Waals surface area contributed by atoms with Crippen LogP contribution in [0.15, 0.2) is 0 Å². The van der Waals surface area contributed by atoms with Crippen molar-refractivity contribution in [1.82, 2.24) is 9.96 Å². The second-order valence-corrected chi connectivity index (χ2v) is 3.60. The Morgan fingerprint density at radius 1 is 1.09 bits per heavy atom.